The molecule has 2 aromatic rings. The fraction of sp³-hybridized carbons (Fsp3) is 0.462. The lowest BCUT2D eigenvalue weighted by atomic mass is 10.1. The van der Waals surface area contributed by atoms with Crippen molar-refractivity contribution >= 4 is 11.1 Å². The van der Waals surface area contributed by atoms with E-state index in [1.54, 1.807) is 13.1 Å². The minimum atomic E-state index is -0.836. The molecule has 1 aromatic carbocycles. The van der Waals surface area contributed by atoms with E-state index in [1.165, 1.54) is 4.57 Å². The van der Waals surface area contributed by atoms with Crippen LogP contribution in [0.25, 0.3) is 11.1 Å². The highest BCUT2D eigenvalue weighted by Gasteiger charge is 2.34. The number of hydrogen-bond donors (Lipinski definition) is 1. The molecule has 0 bridgehead atoms. The van der Waals surface area contributed by atoms with Crippen LogP contribution in [-0.2, 0) is 22.3 Å². The van der Waals surface area contributed by atoms with E-state index in [9.17, 15) is 4.79 Å². The standard InChI is InChI=1S/C13H16N2O4/c1-13(17-6-9(14)7-18-13)8-3-4-11-10(5-8)15(2)12(16)19-11/h3-5,9H,6-7,14H2,1-2H3. The minimum absolute atomic E-state index is 0.102. The minimum Gasteiger partial charge on any atom is -0.408 e. The van der Waals surface area contributed by atoms with Crippen LogP contribution in [0.1, 0.15) is 12.5 Å². The van der Waals surface area contributed by atoms with Crippen molar-refractivity contribution in [1.29, 1.82) is 0 Å². The number of nitrogens with two attached hydrogens (primary N) is 1. The van der Waals surface area contributed by atoms with Gasteiger partial charge in [-0.2, -0.15) is 0 Å². The first-order valence-electron chi connectivity index (χ1n) is 6.13. The van der Waals surface area contributed by atoms with Gasteiger partial charge >= 0.3 is 5.76 Å². The molecule has 0 aliphatic carbocycles. The molecule has 19 heavy (non-hydrogen) atoms. The summed E-state index contributed by atoms with van der Waals surface area (Å²) in [5.74, 6) is -1.22. The first-order chi connectivity index (χ1) is 8.99. The predicted octanol–water partition coefficient (Wildman–Crippen LogP) is 0.678. The number of oxazole rings is 1. The molecule has 1 aliphatic heterocycles. The Morgan fingerprint density at radius 2 is 2.05 bits per heavy atom. The van der Waals surface area contributed by atoms with E-state index >= 15 is 0 Å². The Morgan fingerprint density at radius 3 is 2.74 bits per heavy atom. The maximum Gasteiger partial charge on any atom is 0.419 e. The zero-order chi connectivity index (χ0) is 13.6. The van der Waals surface area contributed by atoms with Gasteiger partial charge in [0, 0.05) is 12.6 Å². The second kappa shape index (κ2) is 4.19. The van der Waals surface area contributed by atoms with Crippen molar-refractivity contribution in [3.63, 3.8) is 0 Å². The number of benzene rings is 1. The molecule has 0 saturated carbocycles. The molecule has 102 valence electrons. The van der Waals surface area contributed by atoms with Crippen LogP contribution in [0, 0.1) is 0 Å². The van der Waals surface area contributed by atoms with Gasteiger partial charge < -0.3 is 19.6 Å². The average molecular weight is 264 g/mol. The van der Waals surface area contributed by atoms with Gasteiger partial charge in [0.2, 0.25) is 0 Å². The van der Waals surface area contributed by atoms with Crippen LogP contribution in [0.3, 0.4) is 0 Å². The van der Waals surface area contributed by atoms with Crippen LogP contribution >= 0.6 is 0 Å². The lowest BCUT2D eigenvalue weighted by molar-refractivity contribution is -0.270. The lowest BCUT2D eigenvalue weighted by Gasteiger charge is -2.36. The van der Waals surface area contributed by atoms with Gasteiger partial charge in [0.15, 0.2) is 11.4 Å². The van der Waals surface area contributed by atoms with Gasteiger partial charge in [-0.05, 0) is 25.1 Å². The monoisotopic (exact) mass is 264 g/mol. The summed E-state index contributed by atoms with van der Waals surface area (Å²) < 4.78 is 17.9. The summed E-state index contributed by atoms with van der Waals surface area (Å²) in [6.07, 6.45) is 0. The number of rotatable bonds is 1. The Labute approximate surface area is 109 Å². The molecule has 0 amide bonds. The van der Waals surface area contributed by atoms with Crippen LogP contribution in [0.4, 0.5) is 0 Å². The van der Waals surface area contributed by atoms with Gasteiger partial charge in [-0.3, -0.25) is 4.57 Å². The van der Waals surface area contributed by atoms with Gasteiger partial charge in [0.25, 0.3) is 0 Å². The first-order valence-corrected chi connectivity index (χ1v) is 6.13. The van der Waals surface area contributed by atoms with Crippen molar-refractivity contribution in [1.82, 2.24) is 4.57 Å². The molecule has 0 unspecified atom stereocenters. The number of fused-ring (bicyclic) bond motifs is 1. The molecule has 6 heteroatoms. The molecular formula is C13H16N2O4. The lowest BCUT2D eigenvalue weighted by Crippen LogP contribution is -2.46. The van der Waals surface area contributed by atoms with Crippen LogP contribution in [0.5, 0.6) is 0 Å². The van der Waals surface area contributed by atoms with Crippen molar-refractivity contribution in [3.05, 3.63) is 34.3 Å². The van der Waals surface area contributed by atoms with E-state index in [-0.39, 0.29) is 11.8 Å². The molecule has 1 aliphatic rings. The molecule has 6 nitrogen and oxygen atoms in total. The summed E-state index contributed by atoms with van der Waals surface area (Å²) in [6, 6.07) is 5.33. The van der Waals surface area contributed by atoms with Crippen molar-refractivity contribution in [2.45, 2.75) is 18.8 Å². The molecule has 1 saturated heterocycles. The molecular weight excluding hydrogens is 248 g/mol. The van der Waals surface area contributed by atoms with E-state index in [2.05, 4.69) is 0 Å². The molecule has 1 fully saturated rings. The highest BCUT2D eigenvalue weighted by Crippen LogP contribution is 2.31. The smallest absolute Gasteiger partial charge is 0.408 e. The number of hydrogen-bond acceptors (Lipinski definition) is 5. The van der Waals surface area contributed by atoms with Gasteiger partial charge in [-0.1, -0.05) is 0 Å². The third-order valence-corrected chi connectivity index (χ3v) is 3.46. The highest BCUT2D eigenvalue weighted by atomic mass is 16.7. The SMILES string of the molecule is Cn1c(=O)oc2ccc(C3(C)OCC(N)CO3)cc21. The van der Waals surface area contributed by atoms with Crippen LogP contribution in [0.15, 0.2) is 27.4 Å². The summed E-state index contributed by atoms with van der Waals surface area (Å²) in [5, 5.41) is 0. The second-order valence-electron chi connectivity index (χ2n) is 4.94. The summed E-state index contributed by atoms with van der Waals surface area (Å²) in [6.45, 7) is 2.73. The zero-order valence-electron chi connectivity index (χ0n) is 10.9. The van der Waals surface area contributed by atoms with Crippen LogP contribution in [0.2, 0.25) is 0 Å². The summed E-state index contributed by atoms with van der Waals surface area (Å²) in [4.78, 5) is 11.5. The topological polar surface area (TPSA) is 79.6 Å². The van der Waals surface area contributed by atoms with Crippen molar-refractivity contribution < 1.29 is 13.9 Å². The van der Waals surface area contributed by atoms with Gasteiger partial charge in [0.1, 0.15) is 0 Å². The van der Waals surface area contributed by atoms with E-state index in [4.69, 9.17) is 19.6 Å². The fourth-order valence-electron chi connectivity index (χ4n) is 2.20. The van der Waals surface area contributed by atoms with E-state index in [0.717, 1.165) is 5.56 Å². The molecule has 1 aromatic heterocycles. The Bertz CT molecular complexity index is 665. The second-order valence-corrected chi connectivity index (χ2v) is 4.94. The Hall–Kier alpha value is -1.63. The quantitative estimate of drug-likeness (QED) is 0.819. The van der Waals surface area contributed by atoms with Crippen LogP contribution in [-0.4, -0.2) is 23.8 Å². The largest absolute Gasteiger partial charge is 0.419 e. The van der Waals surface area contributed by atoms with Gasteiger partial charge in [-0.15, -0.1) is 0 Å². The fourth-order valence-corrected chi connectivity index (χ4v) is 2.20. The third kappa shape index (κ3) is 1.98. The highest BCUT2D eigenvalue weighted by molar-refractivity contribution is 5.73. The van der Waals surface area contributed by atoms with Crippen molar-refractivity contribution in [2.75, 3.05) is 13.2 Å². The maximum atomic E-state index is 11.5. The van der Waals surface area contributed by atoms with Gasteiger partial charge in [-0.25, -0.2) is 4.79 Å². The summed E-state index contributed by atoms with van der Waals surface area (Å²) >= 11 is 0. The molecule has 0 atom stereocenters. The Kier molecular flexibility index (Phi) is 2.74. The molecule has 0 radical (unpaired) electrons. The first kappa shape index (κ1) is 12.4. The van der Waals surface area contributed by atoms with Gasteiger partial charge in [0.05, 0.1) is 24.8 Å². The van der Waals surface area contributed by atoms with E-state index in [1.807, 2.05) is 19.1 Å². The Morgan fingerprint density at radius 1 is 1.37 bits per heavy atom. The molecule has 2 heterocycles. The normalized spacial score (nSPS) is 27.8. The van der Waals surface area contributed by atoms with Crippen LogP contribution < -0.4 is 11.5 Å². The number of ether oxygens (including phenoxy) is 2. The number of aromatic nitrogens is 1. The Balaban J connectivity index is 2.05. The predicted molar refractivity (Wildman–Crippen MR) is 68.7 cm³/mol. The van der Waals surface area contributed by atoms with Crippen molar-refractivity contribution in [3.8, 4) is 0 Å². The molecule has 3 rings (SSSR count). The number of nitrogens with zero attached hydrogens (tertiary/aromatic N) is 1. The summed E-state index contributed by atoms with van der Waals surface area (Å²) in [5.41, 5.74) is 7.84. The summed E-state index contributed by atoms with van der Waals surface area (Å²) in [7, 11) is 1.67. The molecule has 2 N–H and O–H groups in total. The third-order valence-electron chi connectivity index (χ3n) is 3.46. The average Bonchev–Trinajstić information content (AvgIpc) is 2.69. The van der Waals surface area contributed by atoms with E-state index < -0.39 is 5.79 Å². The maximum absolute atomic E-state index is 11.5. The zero-order valence-corrected chi connectivity index (χ0v) is 10.9. The number of aryl methyl sites for hydroxylation is 1. The van der Waals surface area contributed by atoms with E-state index in [0.29, 0.717) is 24.3 Å². The van der Waals surface area contributed by atoms with Crippen molar-refractivity contribution in [2.24, 2.45) is 12.8 Å². The molecule has 0 spiro atoms.